The molecule has 0 saturated heterocycles. The van der Waals surface area contributed by atoms with E-state index in [9.17, 15) is 8.42 Å². The molecule has 0 saturated carbocycles. The first-order chi connectivity index (χ1) is 9.40. The van der Waals surface area contributed by atoms with Gasteiger partial charge in [-0.05, 0) is 35.9 Å². The standard InChI is InChI=1S/C13H12ClNO4S/c1-20(17,18)11-4-2-10(3-5-11)19-13-12(14)6-9(8-16)7-15-13/h2-7,16H,8H2,1H3. The van der Waals surface area contributed by atoms with Gasteiger partial charge in [0, 0.05) is 12.5 Å². The lowest BCUT2D eigenvalue weighted by Crippen LogP contribution is -1.97. The molecule has 0 radical (unpaired) electrons. The molecule has 0 spiro atoms. The molecule has 0 amide bonds. The van der Waals surface area contributed by atoms with Gasteiger partial charge in [0.2, 0.25) is 5.88 Å². The van der Waals surface area contributed by atoms with Gasteiger partial charge in [-0.2, -0.15) is 0 Å². The second kappa shape index (κ2) is 5.78. The molecule has 1 aromatic heterocycles. The van der Waals surface area contributed by atoms with E-state index in [-0.39, 0.29) is 22.4 Å². The number of aromatic nitrogens is 1. The molecular weight excluding hydrogens is 302 g/mol. The monoisotopic (exact) mass is 313 g/mol. The maximum absolute atomic E-state index is 11.3. The fourth-order valence-electron chi connectivity index (χ4n) is 1.49. The van der Waals surface area contributed by atoms with Crippen molar-refractivity contribution in [2.75, 3.05) is 6.26 Å². The van der Waals surface area contributed by atoms with Crippen molar-refractivity contribution < 1.29 is 18.3 Å². The van der Waals surface area contributed by atoms with Crippen LogP contribution in [0.5, 0.6) is 11.6 Å². The van der Waals surface area contributed by atoms with Crippen molar-refractivity contribution in [2.45, 2.75) is 11.5 Å². The first-order valence-electron chi connectivity index (χ1n) is 5.63. The van der Waals surface area contributed by atoms with Crippen molar-refractivity contribution in [1.29, 1.82) is 0 Å². The van der Waals surface area contributed by atoms with Gasteiger partial charge in [0.1, 0.15) is 10.8 Å². The van der Waals surface area contributed by atoms with Crippen LogP contribution in [0, 0.1) is 0 Å². The van der Waals surface area contributed by atoms with Gasteiger partial charge in [-0.25, -0.2) is 13.4 Å². The van der Waals surface area contributed by atoms with Crippen LogP contribution in [-0.2, 0) is 16.4 Å². The van der Waals surface area contributed by atoms with E-state index in [1.54, 1.807) is 6.07 Å². The van der Waals surface area contributed by atoms with Crippen molar-refractivity contribution in [3.05, 3.63) is 47.1 Å². The maximum atomic E-state index is 11.3. The smallest absolute Gasteiger partial charge is 0.238 e. The molecular formula is C13H12ClNO4S. The molecule has 0 bridgehead atoms. The molecule has 0 unspecified atom stereocenters. The molecule has 20 heavy (non-hydrogen) atoms. The topological polar surface area (TPSA) is 76.5 Å². The molecule has 0 aliphatic rings. The van der Waals surface area contributed by atoms with Crippen molar-refractivity contribution in [2.24, 2.45) is 0 Å². The van der Waals surface area contributed by atoms with Crippen LogP contribution in [0.1, 0.15) is 5.56 Å². The fraction of sp³-hybridized carbons (Fsp3) is 0.154. The van der Waals surface area contributed by atoms with E-state index in [2.05, 4.69) is 4.98 Å². The van der Waals surface area contributed by atoms with E-state index in [1.807, 2.05) is 0 Å². The summed E-state index contributed by atoms with van der Waals surface area (Å²) in [5, 5.41) is 9.22. The number of hydrogen-bond acceptors (Lipinski definition) is 5. The molecule has 5 nitrogen and oxygen atoms in total. The van der Waals surface area contributed by atoms with Crippen molar-refractivity contribution in [3.8, 4) is 11.6 Å². The van der Waals surface area contributed by atoms with Crippen molar-refractivity contribution in [3.63, 3.8) is 0 Å². The zero-order chi connectivity index (χ0) is 14.8. The third-order valence-corrected chi connectivity index (χ3v) is 3.91. The summed E-state index contributed by atoms with van der Waals surface area (Å²) < 4.78 is 28.1. The van der Waals surface area contributed by atoms with Crippen LogP contribution >= 0.6 is 11.6 Å². The highest BCUT2D eigenvalue weighted by molar-refractivity contribution is 7.90. The van der Waals surface area contributed by atoms with Gasteiger partial charge >= 0.3 is 0 Å². The average molecular weight is 314 g/mol. The van der Waals surface area contributed by atoms with Crippen LogP contribution in [0.2, 0.25) is 5.02 Å². The van der Waals surface area contributed by atoms with E-state index in [1.165, 1.54) is 30.5 Å². The Labute approximate surface area is 121 Å². The zero-order valence-corrected chi connectivity index (χ0v) is 12.1. The third kappa shape index (κ3) is 3.47. The molecule has 7 heteroatoms. The Bertz CT molecular complexity index is 714. The molecule has 1 N–H and O–H groups in total. The highest BCUT2D eigenvalue weighted by atomic mass is 35.5. The minimum absolute atomic E-state index is 0.157. The van der Waals surface area contributed by atoms with Crippen LogP contribution in [0.25, 0.3) is 0 Å². The summed E-state index contributed by atoms with van der Waals surface area (Å²) in [5.74, 6) is 0.611. The lowest BCUT2D eigenvalue weighted by atomic mass is 10.3. The van der Waals surface area contributed by atoms with Gasteiger partial charge in [0.25, 0.3) is 0 Å². The zero-order valence-electron chi connectivity index (χ0n) is 10.6. The number of hydrogen-bond donors (Lipinski definition) is 1. The van der Waals surface area contributed by atoms with Gasteiger partial charge < -0.3 is 9.84 Å². The summed E-state index contributed by atoms with van der Waals surface area (Å²) >= 11 is 5.97. The Balaban J connectivity index is 2.22. The number of nitrogens with zero attached hydrogens (tertiary/aromatic N) is 1. The van der Waals surface area contributed by atoms with Gasteiger partial charge in [-0.15, -0.1) is 0 Å². The number of pyridine rings is 1. The second-order valence-electron chi connectivity index (χ2n) is 4.13. The molecule has 1 aromatic carbocycles. The summed E-state index contributed by atoms with van der Waals surface area (Å²) in [6, 6.07) is 7.48. The molecule has 0 fully saturated rings. The molecule has 2 aromatic rings. The number of aliphatic hydroxyl groups excluding tert-OH is 1. The number of rotatable bonds is 4. The van der Waals surface area contributed by atoms with Gasteiger partial charge in [0.15, 0.2) is 9.84 Å². The molecule has 0 atom stereocenters. The van der Waals surface area contributed by atoms with Crippen LogP contribution in [-0.4, -0.2) is 24.8 Å². The maximum Gasteiger partial charge on any atom is 0.238 e. The first kappa shape index (κ1) is 14.8. The van der Waals surface area contributed by atoms with Crippen molar-refractivity contribution in [1.82, 2.24) is 4.98 Å². The van der Waals surface area contributed by atoms with E-state index in [4.69, 9.17) is 21.4 Å². The quantitative estimate of drug-likeness (QED) is 0.938. The average Bonchev–Trinajstić information content (AvgIpc) is 2.40. The van der Waals surface area contributed by atoms with E-state index in [0.717, 1.165) is 6.26 Å². The van der Waals surface area contributed by atoms with Crippen LogP contribution in [0.4, 0.5) is 0 Å². The minimum atomic E-state index is -3.23. The molecule has 2 rings (SSSR count). The van der Waals surface area contributed by atoms with Crippen LogP contribution < -0.4 is 4.74 Å². The number of aliphatic hydroxyl groups is 1. The molecule has 1 heterocycles. The summed E-state index contributed by atoms with van der Waals surface area (Å²) in [4.78, 5) is 4.19. The fourth-order valence-corrected chi connectivity index (χ4v) is 2.35. The predicted octanol–water partition coefficient (Wildman–Crippen LogP) is 2.42. The Morgan fingerprint density at radius 1 is 1.30 bits per heavy atom. The van der Waals surface area contributed by atoms with E-state index in [0.29, 0.717) is 11.3 Å². The molecule has 106 valence electrons. The molecule has 0 aliphatic carbocycles. The number of ether oxygens (including phenoxy) is 1. The number of halogens is 1. The largest absolute Gasteiger partial charge is 0.438 e. The SMILES string of the molecule is CS(=O)(=O)c1ccc(Oc2ncc(CO)cc2Cl)cc1. The van der Waals surface area contributed by atoms with Crippen LogP contribution in [0.3, 0.4) is 0 Å². The van der Waals surface area contributed by atoms with Gasteiger partial charge in [-0.3, -0.25) is 0 Å². The Hall–Kier alpha value is -1.63. The summed E-state index contributed by atoms with van der Waals surface area (Å²) in [6.07, 6.45) is 2.58. The Kier molecular flexibility index (Phi) is 4.27. The minimum Gasteiger partial charge on any atom is -0.438 e. The number of benzene rings is 1. The normalized spacial score (nSPS) is 11.3. The third-order valence-electron chi connectivity index (χ3n) is 2.51. The number of sulfone groups is 1. The highest BCUT2D eigenvalue weighted by Crippen LogP contribution is 2.28. The summed E-state index contributed by atoms with van der Waals surface area (Å²) in [6.45, 7) is -0.157. The molecule has 0 aliphatic heterocycles. The lowest BCUT2D eigenvalue weighted by molar-refractivity contribution is 0.281. The second-order valence-corrected chi connectivity index (χ2v) is 6.56. The lowest BCUT2D eigenvalue weighted by Gasteiger charge is -2.07. The summed E-state index contributed by atoms with van der Waals surface area (Å²) in [5.41, 5.74) is 0.578. The van der Waals surface area contributed by atoms with E-state index >= 15 is 0 Å². The first-order valence-corrected chi connectivity index (χ1v) is 7.90. The predicted molar refractivity (Wildman–Crippen MR) is 74.8 cm³/mol. The summed E-state index contributed by atoms with van der Waals surface area (Å²) in [7, 11) is -3.23. The van der Waals surface area contributed by atoms with Crippen LogP contribution in [0.15, 0.2) is 41.4 Å². The van der Waals surface area contributed by atoms with Crippen molar-refractivity contribution >= 4 is 21.4 Å². The Morgan fingerprint density at radius 3 is 2.45 bits per heavy atom. The van der Waals surface area contributed by atoms with E-state index < -0.39 is 9.84 Å². The Morgan fingerprint density at radius 2 is 1.95 bits per heavy atom. The van der Waals surface area contributed by atoms with Gasteiger partial charge in [0.05, 0.1) is 11.5 Å². The highest BCUT2D eigenvalue weighted by Gasteiger charge is 2.09. The van der Waals surface area contributed by atoms with Gasteiger partial charge in [-0.1, -0.05) is 11.6 Å².